The van der Waals surface area contributed by atoms with Crippen molar-refractivity contribution in [3.8, 4) is 0 Å². The maximum absolute atomic E-state index is 11.6. The van der Waals surface area contributed by atoms with Crippen LogP contribution in [0, 0.1) is 0 Å². The van der Waals surface area contributed by atoms with Crippen LogP contribution in [0.1, 0.15) is 40.0 Å². The van der Waals surface area contributed by atoms with Gasteiger partial charge in [0.25, 0.3) is 0 Å². The van der Waals surface area contributed by atoms with Gasteiger partial charge >= 0.3 is 5.97 Å². The molecule has 6 nitrogen and oxygen atoms in total. The Morgan fingerprint density at radius 1 is 1.20 bits per heavy atom. The van der Waals surface area contributed by atoms with E-state index in [-0.39, 0.29) is 17.9 Å². The topological polar surface area (TPSA) is 95.5 Å². The second kappa shape index (κ2) is 10.5. The van der Waals surface area contributed by atoms with E-state index >= 15 is 0 Å². The Kier molecular flexibility index (Phi) is 9.88. The highest BCUT2D eigenvalue weighted by Gasteiger charge is 2.17. The van der Waals surface area contributed by atoms with Gasteiger partial charge in [-0.1, -0.05) is 13.3 Å². The third-order valence-electron chi connectivity index (χ3n) is 2.59. The summed E-state index contributed by atoms with van der Waals surface area (Å²) in [5.41, 5.74) is 0. The molecule has 7 heteroatoms. The van der Waals surface area contributed by atoms with E-state index in [9.17, 15) is 14.4 Å². The quantitative estimate of drug-likeness (QED) is 0.523. The SMILES string of the molecule is CCCC(C)NC(=O)CSCCC(NC(C)=O)C(=O)O. The zero-order valence-electron chi connectivity index (χ0n) is 12.3. The lowest BCUT2D eigenvalue weighted by atomic mass is 10.2. The standard InChI is InChI=1S/C13H24N2O4S/c1-4-5-9(2)14-12(17)8-20-7-6-11(13(18)19)15-10(3)16/h9,11H,4-8H2,1-3H3,(H,14,17)(H,15,16)(H,18,19). The van der Waals surface area contributed by atoms with Crippen LogP contribution in [0.2, 0.25) is 0 Å². The normalized spacial score (nSPS) is 13.3. The van der Waals surface area contributed by atoms with Crippen LogP contribution in [0.4, 0.5) is 0 Å². The molecule has 2 unspecified atom stereocenters. The number of carbonyl (C=O) groups is 3. The molecule has 0 spiro atoms. The smallest absolute Gasteiger partial charge is 0.326 e. The molecule has 0 fully saturated rings. The van der Waals surface area contributed by atoms with Gasteiger partial charge in [0.2, 0.25) is 11.8 Å². The highest BCUT2D eigenvalue weighted by molar-refractivity contribution is 7.99. The average Bonchev–Trinajstić information content (AvgIpc) is 2.32. The first kappa shape index (κ1) is 18.8. The van der Waals surface area contributed by atoms with E-state index in [0.717, 1.165) is 12.8 Å². The molecule has 0 rings (SSSR count). The molecular weight excluding hydrogens is 280 g/mol. The molecule has 2 atom stereocenters. The van der Waals surface area contributed by atoms with E-state index in [1.165, 1.54) is 18.7 Å². The van der Waals surface area contributed by atoms with Crippen molar-refractivity contribution in [3.05, 3.63) is 0 Å². The third-order valence-corrected chi connectivity index (χ3v) is 3.58. The summed E-state index contributed by atoms with van der Waals surface area (Å²) in [6, 6.07) is -0.721. The minimum absolute atomic E-state index is 0.0395. The third kappa shape index (κ3) is 9.66. The summed E-state index contributed by atoms with van der Waals surface area (Å²) >= 11 is 1.37. The Morgan fingerprint density at radius 2 is 1.85 bits per heavy atom. The summed E-state index contributed by atoms with van der Waals surface area (Å²) in [6.07, 6.45) is 2.27. The second-order valence-electron chi connectivity index (χ2n) is 4.69. The van der Waals surface area contributed by atoms with Crippen molar-refractivity contribution in [2.45, 2.75) is 52.1 Å². The Labute approximate surface area is 124 Å². The predicted molar refractivity (Wildman–Crippen MR) is 79.7 cm³/mol. The largest absolute Gasteiger partial charge is 0.480 e. The molecule has 0 aromatic rings. The van der Waals surface area contributed by atoms with Gasteiger partial charge in [-0.2, -0.15) is 11.8 Å². The van der Waals surface area contributed by atoms with E-state index in [1.807, 2.05) is 6.92 Å². The molecule has 0 saturated carbocycles. The van der Waals surface area contributed by atoms with Gasteiger partial charge < -0.3 is 15.7 Å². The van der Waals surface area contributed by atoms with Crippen molar-refractivity contribution in [1.29, 1.82) is 0 Å². The first-order valence-electron chi connectivity index (χ1n) is 6.73. The first-order chi connectivity index (χ1) is 9.36. The molecule has 0 saturated heterocycles. The van der Waals surface area contributed by atoms with Crippen LogP contribution in [-0.4, -0.2) is 46.5 Å². The zero-order chi connectivity index (χ0) is 15.5. The van der Waals surface area contributed by atoms with Gasteiger partial charge in [0, 0.05) is 13.0 Å². The summed E-state index contributed by atoms with van der Waals surface area (Å²) in [6.45, 7) is 5.31. The Balaban J connectivity index is 3.85. The van der Waals surface area contributed by atoms with Gasteiger partial charge in [0.1, 0.15) is 6.04 Å². The number of carboxylic acids is 1. The van der Waals surface area contributed by atoms with Crippen molar-refractivity contribution in [2.75, 3.05) is 11.5 Å². The van der Waals surface area contributed by atoms with Gasteiger partial charge in [-0.05, 0) is 25.5 Å². The summed E-state index contributed by atoms with van der Waals surface area (Å²) in [5.74, 6) is -0.648. The first-order valence-corrected chi connectivity index (χ1v) is 7.89. The van der Waals surface area contributed by atoms with Gasteiger partial charge in [-0.15, -0.1) is 0 Å². The van der Waals surface area contributed by atoms with E-state index in [1.54, 1.807) is 0 Å². The lowest BCUT2D eigenvalue weighted by Crippen LogP contribution is -2.40. The van der Waals surface area contributed by atoms with Crippen molar-refractivity contribution < 1.29 is 19.5 Å². The van der Waals surface area contributed by atoms with Crippen LogP contribution in [0.25, 0.3) is 0 Å². The van der Waals surface area contributed by atoms with Crippen LogP contribution in [-0.2, 0) is 14.4 Å². The molecule has 3 N–H and O–H groups in total. The number of amides is 2. The number of hydrogen-bond acceptors (Lipinski definition) is 4. The van der Waals surface area contributed by atoms with Crippen molar-refractivity contribution in [1.82, 2.24) is 10.6 Å². The summed E-state index contributed by atoms with van der Waals surface area (Å²) in [4.78, 5) is 33.3. The predicted octanol–water partition coefficient (Wildman–Crippen LogP) is 1.00. The number of aliphatic carboxylic acids is 1. The van der Waals surface area contributed by atoms with E-state index in [0.29, 0.717) is 17.9 Å². The molecule has 0 aliphatic heterocycles. The lowest BCUT2D eigenvalue weighted by molar-refractivity contribution is -0.141. The van der Waals surface area contributed by atoms with Crippen LogP contribution >= 0.6 is 11.8 Å². The van der Waals surface area contributed by atoms with Gasteiger partial charge in [0.05, 0.1) is 5.75 Å². The molecule has 0 aliphatic carbocycles. The van der Waals surface area contributed by atoms with Crippen LogP contribution in [0.5, 0.6) is 0 Å². The van der Waals surface area contributed by atoms with Crippen molar-refractivity contribution in [2.24, 2.45) is 0 Å². The fraction of sp³-hybridized carbons (Fsp3) is 0.769. The van der Waals surface area contributed by atoms with Crippen LogP contribution in [0.3, 0.4) is 0 Å². The van der Waals surface area contributed by atoms with Crippen LogP contribution in [0.15, 0.2) is 0 Å². The highest BCUT2D eigenvalue weighted by Crippen LogP contribution is 2.06. The zero-order valence-corrected chi connectivity index (χ0v) is 13.1. The van der Waals surface area contributed by atoms with E-state index in [4.69, 9.17) is 5.11 Å². The molecule has 2 amide bonds. The minimum Gasteiger partial charge on any atom is -0.480 e. The summed E-state index contributed by atoms with van der Waals surface area (Å²) in [7, 11) is 0. The molecule has 0 aromatic carbocycles. The molecule has 20 heavy (non-hydrogen) atoms. The van der Waals surface area contributed by atoms with Crippen molar-refractivity contribution in [3.63, 3.8) is 0 Å². The average molecular weight is 304 g/mol. The Bertz CT molecular complexity index is 336. The number of carbonyl (C=O) groups excluding carboxylic acids is 2. The molecule has 116 valence electrons. The number of thioether (sulfide) groups is 1. The van der Waals surface area contributed by atoms with E-state index in [2.05, 4.69) is 17.6 Å². The second-order valence-corrected chi connectivity index (χ2v) is 5.80. The molecule has 0 radical (unpaired) electrons. The molecular formula is C13H24N2O4S. The number of rotatable bonds is 10. The molecule has 0 bridgehead atoms. The fourth-order valence-electron chi connectivity index (χ4n) is 1.69. The van der Waals surface area contributed by atoms with Gasteiger partial charge in [-0.25, -0.2) is 4.79 Å². The van der Waals surface area contributed by atoms with Gasteiger partial charge in [0.15, 0.2) is 0 Å². The Hall–Kier alpha value is -1.24. The molecule has 0 aromatic heterocycles. The fourth-order valence-corrected chi connectivity index (χ4v) is 2.51. The minimum atomic E-state index is -1.05. The number of carboxylic acid groups (broad SMARTS) is 1. The highest BCUT2D eigenvalue weighted by atomic mass is 32.2. The summed E-state index contributed by atoms with van der Waals surface area (Å²) < 4.78 is 0. The number of hydrogen-bond donors (Lipinski definition) is 3. The molecule has 0 aliphatic rings. The monoisotopic (exact) mass is 304 g/mol. The maximum Gasteiger partial charge on any atom is 0.326 e. The van der Waals surface area contributed by atoms with Gasteiger partial charge in [-0.3, -0.25) is 9.59 Å². The van der Waals surface area contributed by atoms with Crippen molar-refractivity contribution >= 4 is 29.5 Å². The number of nitrogens with one attached hydrogen (secondary N) is 2. The van der Waals surface area contributed by atoms with E-state index < -0.39 is 12.0 Å². The maximum atomic E-state index is 11.6. The Morgan fingerprint density at radius 3 is 2.35 bits per heavy atom. The lowest BCUT2D eigenvalue weighted by Gasteiger charge is -2.14. The molecule has 0 heterocycles. The summed E-state index contributed by atoms with van der Waals surface area (Å²) in [5, 5.41) is 14.1. The van der Waals surface area contributed by atoms with Crippen LogP contribution < -0.4 is 10.6 Å².